The zero-order chi connectivity index (χ0) is 35.3. The molecule has 13 nitrogen and oxygen atoms in total. The van der Waals surface area contributed by atoms with E-state index >= 15 is 0 Å². The lowest BCUT2D eigenvalue weighted by molar-refractivity contribution is -0.140. The molecule has 0 aliphatic carbocycles. The average Bonchev–Trinajstić information content (AvgIpc) is 3.33. The molecule has 4 atom stereocenters. The number of carbonyl (C=O) groups is 1. The minimum Gasteiger partial charge on any atom is -0.469 e. The van der Waals surface area contributed by atoms with Crippen molar-refractivity contribution >= 4 is 32.7 Å². The lowest BCUT2D eigenvalue weighted by Crippen LogP contribution is -2.59. The van der Waals surface area contributed by atoms with Crippen LogP contribution in [0.25, 0.3) is 0 Å². The van der Waals surface area contributed by atoms with Crippen molar-refractivity contribution < 1.29 is 35.7 Å². The minimum absolute atomic E-state index is 0.0484. The van der Waals surface area contributed by atoms with Crippen LogP contribution in [0.15, 0.2) is 26.9 Å². The average molecular weight is 704 g/mol. The van der Waals surface area contributed by atoms with Crippen molar-refractivity contribution in [2.75, 3.05) is 13.7 Å². The van der Waals surface area contributed by atoms with E-state index in [1.54, 1.807) is 6.92 Å². The van der Waals surface area contributed by atoms with Gasteiger partial charge in [0.15, 0.2) is 28.5 Å². The van der Waals surface area contributed by atoms with Crippen molar-refractivity contribution in [1.29, 1.82) is 0 Å². The summed E-state index contributed by atoms with van der Waals surface area (Å²) in [5.74, 6) is -0.382. The molecule has 0 saturated carbocycles. The first-order chi connectivity index (χ1) is 20.8. The van der Waals surface area contributed by atoms with Gasteiger partial charge in [-0.3, -0.25) is 18.7 Å². The topological polar surface area (TPSA) is 167 Å². The van der Waals surface area contributed by atoms with Gasteiger partial charge in [0.05, 0.1) is 24.8 Å². The molecule has 1 aromatic heterocycles. The second-order valence-electron chi connectivity index (χ2n) is 15.3. The highest BCUT2D eigenvalue weighted by molar-refractivity contribution is 7.90. The highest BCUT2D eigenvalue weighted by Crippen LogP contribution is 2.52. The summed E-state index contributed by atoms with van der Waals surface area (Å²) in [6.45, 7) is 22.0. The number of aromatic nitrogens is 2. The predicted molar refractivity (Wildman–Crippen MR) is 180 cm³/mol. The molecule has 0 radical (unpaired) electrons. The van der Waals surface area contributed by atoms with Gasteiger partial charge in [0.1, 0.15) is 12.2 Å². The Morgan fingerprint density at radius 3 is 2.13 bits per heavy atom. The molecule has 0 aromatic carbocycles. The van der Waals surface area contributed by atoms with Crippen LogP contribution in [-0.4, -0.2) is 71.7 Å². The van der Waals surface area contributed by atoms with Crippen molar-refractivity contribution in [3.8, 4) is 0 Å². The Morgan fingerprint density at radius 1 is 1.04 bits per heavy atom. The molecule has 1 saturated heterocycles. The summed E-state index contributed by atoms with van der Waals surface area (Å²) >= 11 is 0. The molecule has 2 N–H and O–H groups in total. The number of ether oxygens (including phenoxy) is 2. The summed E-state index contributed by atoms with van der Waals surface area (Å²) in [6.07, 6.45) is -1.18. The second-order valence-corrected chi connectivity index (χ2v) is 26.3. The number of nitrogens with zero attached hydrogens (tertiary/aromatic N) is 2. The molecular formula is C30H53N3O10SSi2. The van der Waals surface area contributed by atoms with Crippen molar-refractivity contribution in [2.45, 2.75) is 135 Å². The van der Waals surface area contributed by atoms with Crippen LogP contribution >= 0.6 is 0 Å². The van der Waals surface area contributed by atoms with E-state index in [2.05, 4.69) is 33.9 Å². The summed E-state index contributed by atoms with van der Waals surface area (Å²) in [6, 6.07) is 0. The van der Waals surface area contributed by atoms with Crippen molar-refractivity contribution in [2.24, 2.45) is 5.73 Å². The minimum atomic E-state index is -4.25. The SMILES string of the molecule is COC(=O)CCCCn1c(=O)c(C)cn([C@@H]2O[C@H](CO[Si](C)(C)C(C)(C)C)C3(OS(=O)(=O)C=C3N)[C@H]2O[Si](C)(C)C(C)(C)C)c1=O. The molecule has 1 unspecified atom stereocenters. The van der Waals surface area contributed by atoms with Gasteiger partial charge in [0, 0.05) is 24.7 Å². The molecule has 1 spiro atoms. The van der Waals surface area contributed by atoms with E-state index in [-0.39, 0.29) is 46.9 Å². The summed E-state index contributed by atoms with van der Waals surface area (Å²) in [5, 5.41) is 0.372. The zero-order valence-electron chi connectivity index (χ0n) is 29.4. The molecule has 3 rings (SSSR count). The molecule has 0 bridgehead atoms. The fourth-order valence-corrected chi connectivity index (χ4v) is 8.50. The van der Waals surface area contributed by atoms with E-state index in [9.17, 15) is 22.8 Å². The third-order valence-corrected chi connectivity index (χ3v) is 20.0. The van der Waals surface area contributed by atoms with E-state index in [1.165, 1.54) is 17.9 Å². The summed E-state index contributed by atoms with van der Waals surface area (Å²) in [5.41, 5.74) is 3.72. The third kappa shape index (κ3) is 7.47. The maximum atomic E-state index is 14.1. The first-order valence-corrected chi connectivity index (χ1v) is 22.9. The standard InChI is InChI=1S/C30H53N3O10SSi2/c1-20-17-33(27(36)32(25(20)35)16-14-13-15-23(34)39-8)26-24(42-46(11,12)29(5,6)7)30(21(31)19-44(37,38)43-30)22(41-26)18-40-45(9,10)28(2,3)4/h17,19,22,24,26H,13-16,18,31H2,1-12H3/t22-,24+,26-,30?/m1/s1. The molecule has 2 aliphatic heterocycles. The summed E-state index contributed by atoms with van der Waals surface area (Å²) in [7, 11) is -8.06. The maximum Gasteiger partial charge on any atom is 0.333 e. The molecule has 2 aliphatic rings. The fraction of sp³-hybridized carbons (Fsp3) is 0.767. The molecule has 1 fully saturated rings. The van der Waals surface area contributed by atoms with Crippen LogP contribution in [0.2, 0.25) is 36.3 Å². The number of rotatable bonds is 11. The van der Waals surface area contributed by atoms with Gasteiger partial charge in [-0.1, -0.05) is 41.5 Å². The Kier molecular flexibility index (Phi) is 10.9. The first-order valence-electron chi connectivity index (χ1n) is 15.6. The number of nitrogens with two attached hydrogens (primary N) is 1. The number of aryl methyl sites for hydroxylation is 1. The van der Waals surface area contributed by atoms with E-state index in [0.29, 0.717) is 12.8 Å². The quantitative estimate of drug-likeness (QED) is 0.154. The van der Waals surface area contributed by atoms with Crippen molar-refractivity contribution in [3.05, 3.63) is 43.7 Å². The zero-order valence-corrected chi connectivity index (χ0v) is 32.2. The van der Waals surface area contributed by atoms with Gasteiger partial charge in [0.25, 0.3) is 15.7 Å². The van der Waals surface area contributed by atoms with Crippen LogP contribution in [0.3, 0.4) is 0 Å². The number of hydrogen-bond donors (Lipinski definition) is 1. The number of esters is 1. The maximum absolute atomic E-state index is 14.1. The van der Waals surface area contributed by atoms with Crippen LogP contribution in [-0.2, 0) is 44.0 Å². The highest BCUT2D eigenvalue weighted by atomic mass is 32.2. The molecule has 3 heterocycles. The highest BCUT2D eigenvalue weighted by Gasteiger charge is 2.67. The van der Waals surface area contributed by atoms with Gasteiger partial charge in [0.2, 0.25) is 0 Å². The van der Waals surface area contributed by atoms with Gasteiger partial charge >= 0.3 is 11.7 Å². The van der Waals surface area contributed by atoms with Gasteiger partial charge in [-0.2, -0.15) is 8.42 Å². The van der Waals surface area contributed by atoms with Gasteiger partial charge in [-0.15, -0.1) is 0 Å². The van der Waals surface area contributed by atoms with Crippen LogP contribution in [0, 0.1) is 6.92 Å². The van der Waals surface area contributed by atoms with Crippen molar-refractivity contribution in [1.82, 2.24) is 9.13 Å². The normalized spacial score (nSPS) is 25.2. The molecule has 46 heavy (non-hydrogen) atoms. The number of methoxy groups -OCH3 is 1. The number of hydrogen-bond acceptors (Lipinski definition) is 11. The van der Waals surface area contributed by atoms with Gasteiger partial charge in [-0.25, -0.2) is 8.98 Å². The van der Waals surface area contributed by atoms with E-state index in [4.69, 9.17) is 28.2 Å². The summed E-state index contributed by atoms with van der Waals surface area (Å²) < 4.78 is 59.1. The lowest BCUT2D eigenvalue weighted by atomic mass is 9.89. The van der Waals surface area contributed by atoms with Gasteiger partial charge in [-0.05, 0) is 56.0 Å². The molecule has 262 valence electrons. The number of carbonyl (C=O) groups excluding carboxylic acids is 1. The first kappa shape index (κ1) is 38.4. The van der Waals surface area contributed by atoms with E-state index in [1.807, 2.05) is 33.9 Å². The van der Waals surface area contributed by atoms with Crippen LogP contribution in [0.1, 0.15) is 72.6 Å². The van der Waals surface area contributed by atoms with Crippen LogP contribution < -0.4 is 17.0 Å². The summed E-state index contributed by atoms with van der Waals surface area (Å²) in [4.78, 5) is 38.8. The predicted octanol–water partition coefficient (Wildman–Crippen LogP) is 3.87. The van der Waals surface area contributed by atoms with E-state index in [0.717, 1.165) is 9.98 Å². The van der Waals surface area contributed by atoms with Crippen LogP contribution in [0.4, 0.5) is 0 Å². The fourth-order valence-electron chi connectivity index (χ4n) is 4.99. The molecule has 1 aromatic rings. The Hall–Kier alpha value is -2.09. The van der Waals surface area contributed by atoms with Crippen molar-refractivity contribution in [3.63, 3.8) is 0 Å². The monoisotopic (exact) mass is 703 g/mol. The Morgan fingerprint density at radius 2 is 1.63 bits per heavy atom. The van der Waals surface area contributed by atoms with E-state index < -0.39 is 62.0 Å². The molecular weight excluding hydrogens is 651 g/mol. The molecule has 0 amide bonds. The molecule has 16 heteroatoms. The Labute approximate surface area is 274 Å². The smallest absolute Gasteiger partial charge is 0.333 e. The number of unbranched alkanes of at least 4 members (excludes halogenated alkanes) is 1. The lowest BCUT2D eigenvalue weighted by Gasteiger charge is -2.43. The largest absolute Gasteiger partial charge is 0.469 e. The van der Waals surface area contributed by atoms with Gasteiger partial charge < -0.3 is 24.1 Å². The Bertz CT molecular complexity index is 1570. The van der Waals surface area contributed by atoms with Crippen LogP contribution in [0.5, 0.6) is 0 Å². The Balaban J connectivity index is 2.22. The second kappa shape index (κ2) is 13.1. The third-order valence-electron chi connectivity index (χ3n) is 9.95.